The summed E-state index contributed by atoms with van der Waals surface area (Å²) in [6, 6.07) is 9.78. The minimum Gasteiger partial charge on any atom is -0.511 e. The van der Waals surface area contributed by atoms with Gasteiger partial charge in [0.2, 0.25) is 5.91 Å². The number of carbonyl (C=O) groups is 1. The van der Waals surface area contributed by atoms with E-state index in [2.05, 4.69) is 11.9 Å². The van der Waals surface area contributed by atoms with Crippen LogP contribution in [-0.4, -0.2) is 55.0 Å². The summed E-state index contributed by atoms with van der Waals surface area (Å²) in [5.74, 6) is -1.63. The molecule has 2 N–H and O–H groups in total. The molecule has 55 heavy (non-hydrogen) atoms. The number of benzene rings is 3. The number of hydrogen-bond acceptors (Lipinski definition) is 4. The average Bonchev–Trinajstić information content (AvgIpc) is 3.10. The Balaban J connectivity index is 0.00000125. The van der Waals surface area contributed by atoms with Gasteiger partial charge in [-0.05, 0) is 72.2 Å². The normalized spacial score (nSPS) is 16.0. The zero-order chi connectivity index (χ0) is 41.5. The molecule has 0 spiro atoms. The first kappa shape index (κ1) is 45.4. The maximum absolute atomic E-state index is 14.7. The highest BCUT2D eigenvalue weighted by Gasteiger charge is 2.59. The van der Waals surface area contributed by atoms with E-state index in [1.165, 1.54) is 13.2 Å². The first-order chi connectivity index (χ1) is 25.5. The van der Waals surface area contributed by atoms with E-state index in [0.717, 1.165) is 6.92 Å². The lowest BCUT2D eigenvalue weighted by Gasteiger charge is -2.36. The number of nitrogens with one attached hydrogen (secondary N) is 1. The minimum atomic E-state index is -4.84. The van der Waals surface area contributed by atoms with Gasteiger partial charge in [-0.15, -0.1) is 0 Å². The van der Waals surface area contributed by atoms with Crippen molar-refractivity contribution in [3.8, 4) is 16.9 Å². The average molecular weight is 791 g/mol. The monoisotopic (exact) mass is 790 g/mol. The maximum atomic E-state index is 14.7. The van der Waals surface area contributed by atoms with Crippen LogP contribution in [0.5, 0.6) is 5.75 Å². The van der Waals surface area contributed by atoms with Crippen LogP contribution in [0.15, 0.2) is 54.8 Å². The van der Waals surface area contributed by atoms with Gasteiger partial charge in [-0.25, -0.2) is 0 Å². The van der Waals surface area contributed by atoms with Crippen LogP contribution in [0, 0.1) is 11.3 Å². The molecule has 0 saturated carbocycles. The summed E-state index contributed by atoms with van der Waals surface area (Å²) in [6.07, 6.45) is -13.7. The van der Waals surface area contributed by atoms with Gasteiger partial charge in [-0.1, -0.05) is 83.5 Å². The van der Waals surface area contributed by atoms with E-state index in [1.54, 1.807) is 43.3 Å². The highest BCUT2D eigenvalue weighted by atomic mass is 19.4. The first-order valence-corrected chi connectivity index (χ1v) is 18.4. The summed E-state index contributed by atoms with van der Waals surface area (Å²) < 4.78 is 126. The van der Waals surface area contributed by atoms with Gasteiger partial charge in [0.05, 0.1) is 18.7 Å². The summed E-state index contributed by atoms with van der Waals surface area (Å²) >= 11 is 0. The predicted octanol–water partition coefficient (Wildman–Crippen LogP) is 11.8. The summed E-state index contributed by atoms with van der Waals surface area (Å²) in [6.45, 7) is 10.9. The summed E-state index contributed by atoms with van der Waals surface area (Å²) in [5, 5.41) is 14.0. The Morgan fingerprint density at radius 1 is 0.982 bits per heavy atom. The molecule has 4 rings (SSSR count). The fourth-order valence-electron chi connectivity index (χ4n) is 6.98. The van der Waals surface area contributed by atoms with Crippen LogP contribution in [0.1, 0.15) is 88.5 Å². The molecule has 1 amide bonds. The van der Waals surface area contributed by atoms with Crippen molar-refractivity contribution in [2.75, 3.05) is 20.7 Å². The number of methoxy groups -OCH3 is 1. The van der Waals surface area contributed by atoms with Gasteiger partial charge in [0.25, 0.3) is 0 Å². The molecule has 0 radical (unpaired) electrons. The molecular formula is C41H51F9N2O3. The molecule has 1 heterocycles. The van der Waals surface area contributed by atoms with Crippen molar-refractivity contribution in [2.45, 2.75) is 110 Å². The van der Waals surface area contributed by atoms with E-state index in [4.69, 9.17) is 4.74 Å². The molecule has 0 saturated heterocycles. The van der Waals surface area contributed by atoms with Crippen molar-refractivity contribution >= 4 is 16.7 Å². The fraction of sp³-hybridized carbons (Fsp3) is 0.537. The standard InChI is InChI=1S/C38H46F6N2O3.C3H5F3/c1-7-17-36(38(42,43)44,18-15-23(3)8-2)35(48)45-32(24(4)47)21-25-11-9-13-29-27(25)12-10-14-30(29)33-31(37(39,40)41)20-26-22-46(5)19-16-28(26)34(33)49-6;1-2-3(4,5)6/h9-14,20,23,32,47H,4,7-8,15-19,21-22H2,1-3,5-6H3,(H,45,48);2H2,1H3. The Morgan fingerprint density at radius 3 is 2.13 bits per heavy atom. The van der Waals surface area contributed by atoms with Crippen LogP contribution in [0.25, 0.3) is 21.9 Å². The van der Waals surface area contributed by atoms with Crippen molar-refractivity contribution in [1.29, 1.82) is 0 Å². The first-order valence-electron chi connectivity index (χ1n) is 18.4. The van der Waals surface area contributed by atoms with Gasteiger partial charge in [0, 0.05) is 37.1 Å². The number of likely N-dealkylation sites (N-methyl/N-ethyl adjacent to an activating group) is 1. The second-order valence-electron chi connectivity index (χ2n) is 14.3. The Morgan fingerprint density at radius 2 is 1.60 bits per heavy atom. The third kappa shape index (κ3) is 10.9. The molecule has 306 valence electrons. The number of ether oxygens (including phenoxy) is 1. The Labute approximate surface area is 316 Å². The van der Waals surface area contributed by atoms with Crippen LogP contribution in [-0.2, 0) is 30.4 Å². The van der Waals surface area contributed by atoms with Crippen LogP contribution in [0.2, 0.25) is 0 Å². The molecular weight excluding hydrogens is 739 g/mol. The van der Waals surface area contributed by atoms with Gasteiger partial charge in [-0.3, -0.25) is 4.79 Å². The van der Waals surface area contributed by atoms with Crippen molar-refractivity contribution < 1.29 is 54.2 Å². The quantitative estimate of drug-likeness (QED) is 0.134. The molecule has 0 fully saturated rings. The van der Waals surface area contributed by atoms with Crippen molar-refractivity contribution in [1.82, 2.24) is 10.2 Å². The van der Waals surface area contributed by atoms with E-state index < -0.39 is 66.5 Å². The van der Waals surface area contributed by atoms with Gasteiger partial charge >= 0.3 is 18.5 Å². The fourth-order valence-corrected chi connectivity index (χ4v) is 6.98. The predicted molar refractivity (Wildman–Crippen MR) is 197 cm³/mol. The number of hydrogen-bond donors (Lipinski definition) is 2. The second kappa shape index (κ2) is 18.3. The topological polar surface area (TPSA) is 61.8 Å². The van der Waals surface area contributed by atoms with Gasteiger partial charge < -0.3 is 20.1 Å². The molecule has 3 aromatic carbocycles. The molecule has 0 aliphatic carbocycles. The molecule has 3 unspecified atom stereocenters. The lowest BCUT2D eigenvalue weighted by molar-refractivity contribution is -0.227. The lowest BCUT2D eigenvalue weighted by Crippen LogP contribution is -2.54. The zero-order valence-electron chi connectivity index (χ0n) is 32.1. The summed E-state index contributed by atoms with van der Waals surface area (Å²) in [7, 11) is 3.20. The highest BCUT2D eigenvalue weighted by Crippen LogP contribution is 2.49. The van der Waals surface area contributed by atoms with Gasteiger partial charge in [0.1, 0.15) is 16.9 Å². The van der Waals surface area contributed by atoms with E-state index in [-0.39, 0.29) is 42.1 Å². The van der Waals surface area contributed by atoms with Crippen LogP contribution in [0.3, 0.4) is 0 Å². The minimum absolute atomic E-state index is 0.0206. The van der Waals surface area contributed by atoms with Gasteiger partial charge in [-0.2, -0.15) is 39.5 Å². The zero-order valence-corrected chi connectivity index (χ0v) is 32.1. The second-order valence-corrected chi connectivity index (χ2v) is 14.3. The number of alkyl halides is 9. The maximum Gasteiger partial charge on any atom is 0.417 e. The molecule has 0 bridgehead atoms. The molecule has 0 aromatic heterocycles. The number of carbonyl (C=O) groups excluding carboxylic acids is 1. The third-order valence-corrected chi connectivity index (χ3v) is 10.4. The third-order valence-electron chi connectivity index (χ3n) is 10.4. The van der Waals surface area contributed by atoms with Crippen molar-refractivity contribution in [3.05, 3.63) is 77.1 Å². The van der Waals surface area contributed by atoms with Crippen LogP contribution < -0.4 is 10.1 Å². The Kier molecular flexibility index (Phi) is 15.2. The molecule has 1 aliphatic heterocycles. The van der Waals surface area contributed by atoms with E-state index in [9.17, 15) is 49.4 Å². The molecule has 14 heteroatoms. The summed E-state index contributed by atoms with van der Waals surface area (Å²) in [5.41, 5.74) is -1.54. The lowest BCUT2D eigenvalue weighted by atomic mass is 9.75. The number of amides is 1. The van der Waals surface area contributed by atoms with Crippen LogP contribution >= 0.6 is 0 Å². The summed E-state index contributed by atoms with van der Waals surface area (Å²) in [4.78, 5) is 15.6. The number of aliphatic hydroxyl groups excluding tert-OH is 1. The van der Waals surface area contributed by atoms with Crippen LogP contribution in [0.4, 0.5) is 39.5 Å². The number of nitrogens with zero attached hydrogens (tertiary/aromatic N) is 1. The van der Waals surface area contributed by atoms with E-state index in [1.807, 2.05) is 25.8 Å². The smallest absolute Gasteiger partial charge is 0.417 e. The number of rotatable bonds is 13. The van der Waals surface area contributed by atoms with E-state index >= 15 is 0 Å². The molecule has 3 atom stereocenters. The van der Waals surface area contributed by atoms with Gasteiger partial charge in [0.15, 0.2) is 0 Å². The van der Waals surface area contributed by atoms with Crippen molar-refractivity contribution in [2.24, 2.45) is 11.3 Å². The highest BCUT2D eigenvalue weighted by molar-refractivity contribution is 6.01. The molecule has 5 nitrogen and oxygen atoms in total. The molecule has 3 aromatic rings. The number of fused-ring (bicyclic) bond motifs is 2. The Hall–Kier alpha value is -3.94. The number of halogens is 9. The van der Waals surface area contributed by atoms with E-state index in [0.29, 0.717) is 53.4 Å². The molecule has 1 aliphatic rings. The largest absolute Gasteiger partial charge is 0.511 e. The number of aliphatic hydroxyl groups is 1. The Bertz CT molecular complexity index is 1790. The SMILES string of the molecule is C=C(O)C(Cc1cccc2c(-c3c(C(F)(F)F)cc4c(c3OC)CCN(C)C4)cccc12)NC(=O)C(CCC)(CCC(C)CC)C(F)(F)F.CCC(F)(F)F. The van der Waals surface area contributed by atoms with Crippen molar-refractivity contribution in [3.63, 3.8) is 0 Å².